The zero-order valence-electron chi connectivity index (χ0n) is 14.1. The van der Waals surface area contributed by atoms with Gasteiger partial charge in [0.05, 0.1) is 4.90 Å². The molecule has 1 heterocycles. The molecule has 26 heavy (non-hydrogen) atoms. The zero-order valence-corrected chi connectivity index (χ0v) is 15.7. The van der Waals surface area contributed by atoms with Gasteiger partial charge in [0, 0.05) is 25.2 Å². The van der Waals surface area contributed by atoms with E-state index in [1.165, 1.54) is 49.7 Å². The molecule has 0 fully saturated rings. The third-order valence-electron chi connectivity index (χ3n) is 3.56. The second-order valence-corrected chi connectivity index (χ2v) is 8.67. The van der Waals surface area contributed by atoms with Gasteiger partial charge in [0.1, 0.15) is 5.01 Å². The van der Waals surface area contributed by atoms with Crippen molar-refractivity contribution in [1.82, 2.24) is 14.5 Å². The highest BCUT2D eigenvalue weighted by atomic mass is 32.2. The van der Waals surface area contributed by atoms with E-state index in [1.54, 1.807) is 0 Å². The third-order valence-corrected chi connectivity index (χ3v) is 6.28. The van der Waals surface area contributed by atoms with Crippen molar-refractivity contribution in [2.75, 3.05) is 19.4 Å². The lowest BCUT2D eigenvalue weighted by Gasteiger charge is -2.11. The minimum atomic E-state index is -3.52. The third kappa shape index (κ3) is 3.79. The van der Waals surface area contributed by atoms with E-state index in [0.29, 0.717) is 15.7 Å². The molecule has 0 saturated carbocycles. The standard InChI is InChI=1S/C17H16N4O3S2/c1-21(2)26(23,24)14-10-8-12(9-11-14)15(22)18-17-20-19-16(25-17)13-6-4-3-5-7-13/h3-11H,1-2H3,(H,18,20,22). The van der Waals surface area contributed by atoms with Crippen LogP contribution in [0.2, 0.25) is 0 Å². The number of nitrogens with one attached hydrogen (secondary N) is 1. The van der Waals surface area contributed by atoms with Crippen LogP contribution in [0.3, 0.4) is 0 Å². The molecule has 7 nitrogen and oxygen atoms in total. The predicted molar refractivity (Wildman–Crippen MR) is 101 cm³/mol. The summed E-state index contributed by atoms with van der Waals surface area (Å²) in [5.74, 6) is -0.380. The van der Waals surface area contributed by atoms with E-state index < -0.39 is 10.0 Å². The molecule has 1 N–H and O–H groups in total. The van der Waals surface area contributed by atoms with Gasteiger partial charge in [-0.15, -0.1) is 10.2 Å². The van der Waals surface area contributed by atoms with E-state index in [9.17, 15) is 13.2 Å². The lowest BCUT2D eigenvalue weighted by molar-refractivity contribution is 0.102. The lowest BCUT2D eigenvalue weighted by Crippen LogP contribution is -2.22. The smallest absolute Gasteiger partial charge is 0.257 e. The fraction of sp³-hybridized carbons (Fsp3) is 0.118. The van der Waals surface area contributed by atoms with Gasteiger partial charge in [-0.1, -0.05) is 41.7 Å². The Morgan fingerprint density at radius 1 is 1.00 bits per heavy atom. The van der Waals surface area contributed by atoms with Gasteiger partial charge in [-0.25, -0.2) is 12.7 Å². The number of benzene rings is 2. The molecule has 0 unspecified atom stereocenters. The van der Waals surface area contributed by atoms with Gasteiger partial charge >= 0.3 is 0 Å². The van der Waals surface area contributed by atoms with Crippen LogP contribution in [-0.2, 0) is 10.0 Å². The second-order valence-electron chi connectivity index (χ2n) is 5.54. The van der Waals surface area contributed by atoms with E-state index in [2.05, 4.69) is 15.5 Å². The maximum Gasteiger partial charge on any atom is 0.257 e. The fourth-order valence-electron chi connectivity index (χ4n) is 2.13. The lowest BCUT2D eigenvalue weighted by atomic mass is 10.2. The van der Waals surface area contributed by atoms with Crippen molar-refractivity contribution >= 4 is 32.4 Å². The van der Waals surface area contributed by atoms with Gasteiger partial charge in [-0.3, -0.25) is 10.1 Å². The summed E-state index contributed by atoms with van der Waals surface area (Å²) < 4.78 is 25.2. The topological polar surface area (TPSA) is 92.3 Å². The Balaban J connectivity index is 1.74. The summed E-state index contributed by atoms with van der Waals surface area (Å²) >= 11 is 1.26. The van der Waals surface area contributed by atoms with Gasteiger partial charge in [0.25, 0.3) is 5.91 Å². The van der Waals surface area contributed by atoms with Crippen molar-refractivity contribution in [2.24, 2.45) is 0 Å². The van der Waals surface area contributed by atoms with Crippen molar-refractivity contribution < 1.29 is 13.2 Å². The summed E-state index contributed by atoms with van der Waals surface area (Å²) in [4.78, 5) is 12.4. The largest absolute Gasteiger partial charge is 0.296 e. The van der Waals surface area contributed by atoms with Gasteiger partial charge < -0.3 is 0 Å². The molecule has 3 aromatic rings. The molecular formula is C17H16N4O3S2. The molecule has 0 spiro atoms. The number of sulfonamides is 1. The number of anilines is 1. The van der Waals surface area contributed by atoms with Crippen LogP contribution in [0.4, 0.5) is 5.13 Å². The molecule has 1 aromatic heterocycles. The molecule has 0 saturated heterocycles. The molecule has 3 rings (SSSR count). The summed E-state index contributed by atoms with van der Waals surface area (Å²) in [6.07, 6.45) is 0. The average Bonchev–Trinajstić information content (AvgIpc) is 3.11. The Morgan fingerprint density at radius 3 is 2.27 bits per heavy atom. The molecular weight excluding hydrogens is 372 g/mol. The molecule has 0 aliphatic rings. The number of hydrogen-bond acceptors (Lipinski definition) is 6. The number of carbonyl (C=O) groups is 1. The first-order valence-electron chi connectivity index (χ1n) is 7.61. The Labute approximate surface area is 155 Å². The van der Waals surface area contributed by atoms with Crippen molar-refractivity contribution in [2.45, 2.75) is 4.90 Å². The minimum absolute atomic E-state index is 0.126. The van der Waals surface area contributed by atoms with Crippen molar-refractivity contribution in [1.29, 1.82) is 0 Å². The highest BCUT2D eigenvalue weighted by molar-refractivity contribution is 7.89. The molecule has 1 amide bonds. The Bertz CT molecular complexity index is 1010. The summed E-state index contributed by atoms with van der Waals surface area (Å²) in [6, 6.07) is 15.3. The van der Waals surface area contributed by atoms with E-state index in [4.69, 9.17) is 0 Å². The number of nitrogens with zero attached hydrogens (tertiary/aromatic N) is 3. The SMILES string of the molecule is CN(C)S(=O)(=O)c1ccc(C(=O)Nc2nnc(-c3ccccc3)s2)cc1. The van der Waals surface area contributed by atoms with Crippen molar-refractivity contribution in [3.63, 3.8) is 0 Å². The van der Waals surface area contributed by atoms with Gasteiger partial charge in [0.15, 0.2) is 0 Å². The Hall–Kier alpha value is -2.62. The quantitative estimate of drug-likeness (QED) is 0.725. The zero-order chi connectivity index (χ0) is 18.7. The van der Waals surface area contributed by atoms with Crippen LogP contribution in [0.15, 0.2) is 59.5 Å². The molecule has 0 bridgehead atoms. The average molecular weight is 388 g/mol. The second kappa shape index (κ2) is 7.32. The van der Waals surface area contributed by atoms with E-state index in [-0.39, 0.29) is 10.8 Å². The highest BCUT2D eigenvalue weighted by Crippen LogP contribution is 2.26. The first-order chi connectivity index (χ1) is 12.4. The molecule has 0 atom stereocenters. The molecule has 9 heteroatoms. The first-order valence-corrected chi connectivity index (χ1v) is 9.86. The highest BCUT2D eigenvalue weighted by Gasteiger charge is 2.18. The van der Waals surface area contributed by atoms with Crippen LogP contribution in [0.25, 0.3) is 10.6 Å². The molecule has 2 aromatic carbocycles. The maximum atomic E-state index is 12.3. The molecule has 134 valence electrons. The van der Waals surface area contributed by atoms with E-state index >= 15 is 0 Å². The monoisotopic (exact) mass is 388 g/mol. The number of carbonyl (C=O) groups excluding carboxylic acids is 1. The van der Waals surface area contributed by atoms with Gasteiger partial charge in [-0.05, 0) is 24.3 Å². The molecule has 0 aliphatic carbocycles. The van der Waals surface area contributed by atoms with Gasteiger partial charge in [-0.2, -0.15) is 0 Å². The summed E-state index contributed by atoms with van der Waals surface area (Å²) in [6.45, 7) is 0. The summed E-state index contributed by atoms with van der Waals surface area (Å²) in [5, 5.41) is 11.8. The van der Waals surface area contributed by atoms with E-state index in [0.717, 1.165) is 9.87 Å². The summed E-state index contributed by atoms with van der Waals surface area (Å²) in [7, 11) is -0.616. The van der Waals surface area contributed by atoms with Crippen molar-refractivity contribution in [3.05, 3.63) is 60.2 Å². The van der Waals surface area contributed by atoms with Crippen LogP contribution < -0.4 is 5.32 Å². The van der Waals surface area contributed by atoms with Crippen LogP contribution in [0, 0.1) is 0 Å². The van der Waals surface area contributed by atoms with Crippen LogP contribution in [0.1, 0.15) is 10.4 Å². The van der Waals surface area contributed by atoms with Crippen LogP contribution in [-0.4, -0.2) is 42.9 Å². The minimum Gasteiger partial charge on any atom is -0.296 e. The van der Waals surface area contributed by atoms with E-state index in [1.807, 2.05) is 30.3 Å². The number of hydrogen-bond donors (Lipinski definition) is 1. The number of amides is 1. The predicted octanol–water partition coefficient (Wildman–Crippen LogP) is 2.71. The normalized spacial score (nSPS) is 11.5. The van der Waals surface area contributed by atoms with Gasteiger partial charge in [0.2, 0.25) is 15.2 Å². The van der Waals surface area contributed by atoms with Crippen molar-refractivity contribution in [3.8, 4) is 10.6 Å². The van der Waals surface area contributed by atoms with Crippen LogP contribution >= 0.6 is 11.3 Å². The first kappa shape index (κ1) is 18.2. The summed E-state index contributed by atoms with van der Waals surface area (Å²) in [5.41, 5.74) is 1.25. The molecule has 0 radical (unpaired) electrons. The fourth-order valence-corrected chi connectivity index (χ4v) is 3.78. The molecule has 0 aliphatic heterocycles. The maximum absolute atomic E-state index is 12.3. The number of rotatable bonds is 5. The Morgan fingerprint density at radius 2 is 1.65 bits per heavy atom. The van der Waals surface area contributed by atoms with Crippen LogP contribution in [0.5, 0.6) is 0 Å². The Kier molecular flexibility index (Phi) is 5.12. The number of aromatic nitrogens is 2.